The second kappa shape index (κ2) is 8.35. The van der Waals surface area contributed by atoms with E-state index in [0.29, 0.717) is 10.8 Å². The summed E-state index contributed by atoms with van der Waals surface area (Å²) >= 11 is 5.97. The Kier molecular flexibility index (Phi) is 6.41. The summed E-state index contributed by atoms with van der Waals surface area (Å²) in [5, 5.41) is 11.3. The Bertz CT molecular complexity index is 903. The van der Waals surface area contributed by atoms with Crippen LogP contribution in [0, 0.1) is 10.1 Å². The maximum atomic E-state index is 12.7. The van der Waals surface area contributed by atoms with Crippen LogP contribution in [0.4, 0.5) is 5.69 Å². The van der Waals surface area contributed by atoms with E-state index in [1.807, 2.05) is 0 Å². The molecule has 26 heavy (non-hydrogen) atoms. The molecule has 0 aliphatic rings. The molecule has 0 spiro atoms. The van der Waals surface area contributed by atoms with Gasteiger partial charge in [0.1, 0.15) is 23.0 Å². The summed E-state index contributed by atoms with van der Waals surface area (Å²) in [6, 6.07) is 10.2. The van der Waals surface area contributed by atoms with E-state index in [9.17, 15) is 18.5 Å². The van der Waals surface area contributed by atoms with E-state index < -0.39 is 14.9 Å². The van der Waals surface area contributed by atoms with Crippen molar-refractivity contribution in [1.82, 2.24) is 4.31 Å². The average Bonchev–Trinajstić information content (AvgIpc) is 2.62. The molecule has 0 bridgehead atoms. The second-order valence-corrected chi connectivity index (χ2v) is 7.62. The Balaban J connectivity index is 2.17. The third-order valence-electron chi connectivity index (χ3n) is 3.55. The third-order valence-corrected chi connectivity index (χ3v) is 5.74. The number of methoxy groups -OCH3 is 1. The van der Waals surface area contributed by atoms with Crippen LogP contribution in [0.5, 0.6) is 11.5 Å². The van der Waals surface area contributed by atoms with Gasteiger partial charge in [-0.05, 0) is 18.2 Å². The van der Waals surface area contributed by atoms with Crippen molar-refractivity contribution in [3.8, 4) is 11.5 Å². The van der Waals surface area contributed by atoms with Gasteiger partial charge in [-0.15, -0.1) is 0 Å². The van der Waals surface area contributed by atoms with Gasteiger partial charge in [0.15, 0.2) is 0 Å². The van der Waals surface area contributed by atoms with E-state index in [0.717, 1.165) is 10.4 Å². The molecule has 0 saturated carbocycles. The van der Waals surface area contributed by atoms with Gasteiger partial charge in [-0.2, -0.15) is 4.31 Å². The van der Waals surface area contributed by atoms with Gasteiger partial charge in [0.25, 0.3) is 5.69 Å². The molecular formula is C16H17ClN2O6S. The number of ether oxygens (including phenoxy) is 2. The number of benzene rings is 2. The molecule has 0 aromatic heterocycles. The number of hydrogen-bond donors (Lipinski definition) is 0. The van der Waals surface area contributed by atoms with Crippen molar-refractivity contribution in [1.29, 1.82) is 0 Å². The minimum Gasteiger partial charge on any atom is -0.495 e. The van der Waals surface area contributed by atoms with Gasteiger partial charge in [-0.1, -0.05) is 23.7 Å². The molecule has 2 aromatic carbocycles. The van der Waals surface area contributed by atoms with Crippen molar-refractivity contribution in [2.45, 2.75) is 4.90 Å². The molecule has 0 unspecified atom stereocenters. The molecule has 0 aliphatic carbocycles. The lowest BCUT2D eigenvalue weighted by molar-refractivity contribution is -0.385. The van der Waals surface area contributed by atoms with Gasteiger partial charge in [-0.25, -0.2) is 8.42 Å². The van der Waals surface area contributed by atoms with E-state index in [-0.39, 0.29) is 29.5 Å². The second-order valence-electron chi connectivity index (χ2n) is 5.20. The smallest absolute Gasteiger partial charge is 0.271 e. The SMILES string of the molecule is COc1ccc([N+](=O)[O-])cc1S(=O)(=O)N(C)CCOc1ccccc1Cl. The maximum absolute atomic E-state index is 12.7. The van der Waals surface area contributed by atoms with E-state index in [1.165, 1.54) is 26.3 Å². The molecular weight excluding hydrogens is 384 g/mol. The average molecular weight is 401 g/mol. The van der Waals surface area contributed by atoms with Gasteiger partial charge in [0.2, 0.25) is 10.0 Å². The van der Waals surface area contributed by atoms with Crippen LogP contribution in [0.1, 0.15) is 0 Å². The zero-order valence-electron chi connectivity index (χ0n) is 14.1. The monoisotopic (exact) mass is 400 g/mol. The van der Waals surface area contributed by atoms with Crippen molar-refractivity contribution >= 4 is 27.3 Å². The van der Waals surface area contributed by atoms with Gasteiger partial charge in [0, 0.05) is 25.7 Å². The van der Waals surface area contributed by atoms with Crippen molar-refractivity contribution in [3.63, 3.8) is 0 Å². The fourth-order valence-corrected chi connectivity index (χ4v) is 3.63. The Morgan fingerprint density at radius 2 is 1.88 bits per heavy atom. The molecule has 2 aromatic rings. The van der Waals surface area contributed by atoms with E-state index in [1.54, 1.807) is 24.3 Å². The normalized spacial score (nSPS) is 11.4. The number of nitrogens with zero attached hydrogens (tertiary/aromatic N) is 2. The summed E-state index contributed by atoms with van der Waals surface area (Å²) in [4.78, 5) is 9.98. The van der Waals surface area contributed by atoms with Crippen LogP contribution in [-0.4, -0.2) is 45.0 Å². The van der Waals surface area contributed by atoms with Crippen molar-refractivity contribution in [3.05, 3.63) is 57.6 Å². The zero-order valence-corrected chi connectivity index (χ0v) is 15.7. The molecule has 0 N–H and O–H groups in total. The van der Waals surface area contributed by atoms with Crippen molar-refractivity contribution < 1.29 is 22.8 Å². The highest BCUT2D eigenvalue weighted by atomic mass is 35.5. The fraction of sp³-hybridized carbons (Fsp3) is 0.250. The van der Waals surface area contributed by atoms with Crippen LogP contribution in [0.3, 0.4) is 0 Å². The molecule has 0 saturated heterocycles. The van der Waals surface area contributed by atoms with Crippen LogP contribution < -0.4 is 9.47 Å². The highest BCUT2D eigenvalue weighted by molar-refractivity contribution is 7.89. The largest absolute Gasteiger partial charge is 0.495 e. The minimum atomic E-state index is -4.01. The molecule has 8 nitrogen and oxygen atoms in total. The molecule has 0 fully saturated rings. The lowest BCUT2D eigenvalue weighted by Crippen LogP contribution is -2.31. The number of nitro benzene ring substituents is 1. The molecule has 0 aliphatic heterocycles. The summed E-state index contributed by atoms with van der Waals surface area (Å²) < 4.78 is 37.0. The molecule has 0 radical (unpaired) electrons. The maximum Gasteiger partial charge on any atom is 0.271 e. The lowest BCUT2D eigenvalue weighted by Gasteiger charge is -2.19. The van der Waals surface area contributed by atoms with Crippen molar-refractivity contribution in [2.75, 3.05) is 27.3 Å². The van der Waals surface area contributed by atoms with Crippen LogP contribution in [0.15, 0.2) is 47.4 Å². The lowest BCUT2D eigenvalue weighted by atomic mass is 10.3. The summed E-state index contributed by atoms with van der Waals surface area (Å²) in [7, 11) is -1.37. The van der Waals surface area contributed by atoms with Gasteiger partial charge in [-0.3, -0.25) is 10.1 Å². The Hall–Kier alpha value is -2.36. The van der Waals surface area contributed by atoms with Gasteiger partial charge < -0.3 is 9.47 Å². The van der Waals surface area contributed by atoms with Crippen molar-refractivity contribution in [2.24, 2.45) is 0 Å². The predicted molar refractivity (Wildman–Crippen MR) is 96.4 cm³/mol. The van der Waals surface area contributed by atoms with Crippen LogP contribution >= 0.6 is 11.6 Å². The molecule has 0 atom stereocenters. The van der Waals surface area contributed by atoms with E-state index in [2.05, 4.69) is 0 Å². The van der Waals surface area contributed by atoms with Crippen LogP contribution in [-0.2, 0) is 10.0 Å². The number of sulfonamides is 1. The summed E-state index contributed by atoms with van der Waals surface area (Å²) in [5.74, 6) is 0.461. The predicted octanol–water partition coefficient (Wildman–Crippen LogP) is 2.96. The summed E-state index contributed by atoms with van der Waals surface area (Å²) in [6.45, 7) is 0.0656. The molecule has 2 rings (SSSR count). The first kappa shape index (κ1) is 20.0. The zero-order chi connectivity index (χ0) is 19.3. The molecule has 0 heterocycles. The Morgan fingerprint density at radius 1 is 1.19 bits per heavy atom. The number of hydrogen-bond acceptors (Lipinski definition) is 6. The Morgan fingerprint density at radius 3 is 2.50 bits per heavy atom. The highest BCUT2D eigenvalue weighted by Gasteiger charge is 2.27. The first-order valence-electron chi connectivity index (χ1n) is 7.43. The Labute approximate surface area is 156 Å². The third kappa shape index (κ3) is 4.43. The first-order chi connectivity index (χ1) is 12.3. The molecule has 140 valence electrons. The molecule has 0 amide bonds. The number of halogens is 1. The summed E-state index contributed by atoms with van der Waals surface area (Å²) in [5.41, 5.74) is -0.343. The van der Waals surface area contributed by atoms with Crippen LogP contribution in [0.2, 0.25) is 5.02 Å². The number of likely N-dealkylation sites (N-methyl/N-ethyl adjacent to an activating group) is 1. The van der Waals surface area contributed by atoms with E-state index in [4.69, 9.17) is 21.1 Å². The summed E-state index contributed by atoms with van der Waals surface area (Å²) in [6.07, 6.45) is 0. The molecule has 10 heteroatoms. The first-order valence-corrected chi connectivity index (χ1v) is 9.25. The highest BCUT2D eigenvalue weighted by Crippen LogP contribution is 2.30. The standard InChI is InChI=1S/C16H17ClN2O6S/c1-18(9-10-25-14-6-4-3-5-13(14)17)26(22,23)16-11-12(19(20)21)7-8-15(16)24-2/h3-8,11H,9-10H2,1-2H3. The topological polar surface area (TPSA) is 99.0 Å². The number of nitro groups is 1. The minimum absolute atomic E-state index is 0.0133. The number of rotatable bonds is 8. The fourth-order valence-electron chi connectivity index (χ4n) is 2.11. The van der Waals surface area contributed by atoms with Gasteiger partial charge in [0.05, 0.1) is 17.1 Å². The van der Waals surface area contributed by atoms with E-state index >= 15 is 0 Å². The number of non-ortho nitro benzene ring substituents is 1. The quantitative estimate of drug-likeness (QED) is 0.499. The number of para-hydroxylation sites is 1. The van der Waals surface area contributed by atoms with Crippen LogP contribution in [0.25, 0.3) is 0 Å². The van der Waals surface area contributed by atoms with Gasteiger partial charge >= 0.3 is 0 Å².